The first kappa shape index (κ1) is 9.85. The predicted molar refractivity (Wildman–Crippen MR) is 65.2 cm³/mol. The van der Waals surface area contributed by atoms with E-state index < -0.39 is 0 Å². The number of hydrogen-bond donors (Lipinski definition) is 2. The predicted octanol–water partition coefficient (Wildman–Crippen LogP) is 2.26. The van der Waals surface area contributed by atoms with Gasteiger partial charge in [-0.1, -0.05) is 13.8 Å². The smallest absolute Gasteiger partial charge is 0.137 e. The molecule has 3 N–H and O–H groups in total. The van der Waals surface area contributed by atoms with Crippen molar-refractivity contribution in [1.82, 2.24) is 9.97 Å². The zero-order chi connectivity index (χ0) is 11.3. The highest BCUT2D eigenvalue weighted by atomic mass is 14.8. The molecule has 1 fully saturated rings. The summed E-state index contributed by atoms with van der Waals surface area (Å²) in [6, 6.07) is 4.13. The fourth-order valence-electron chi connectivity index (χ4n) is 3.04. The second-order valence-electron chi connectivity index (χ2n) is 5.28. The second kappa shape index (κ2) is 3.08. The van der Waals surface area contributed by atoms with Crippen molar-refractivity contribution in [3.63, 3.8) is 0 Å². The zero-order valence-corrected chi connectivity index (χ0v) is 9.70. The maximum atomic E-state index is 5.82. The van der Waals surface area contributed by atoms with Gasteiger partial charge in [0.25, 0.3) is 0 Å². The van der Waals surface area contributed by atoms with Crippen molar-refractivity contribution in [3.05, 3.63) is 30.1 Å². The summed E-state index contributed by atoms with van der Waals surface area (Å²) < 4.78 is 0. The molecular weight excluding hydrogens is 198 g/mol. The molecule has 2 unspecified atom stereocenters. The van der Waals surface area contributed by atoms with Gasteiger partial charge in [0, 0.05) is 17.8 Å². The number of H-pyrrole nitrogens is 1. The Morgan fingerprint density at radius 3 is 3.00 bits per heavy atom. The Hall–Kier alpha value is -1.35. The van der Waals surface area contributed by atoms with Gasteiger partial charge in [0.2, 0.25) is 0 Å². The van der Waals surface area contributed by atoms with Crippen LogP contribution in [0.25, 0.3) is 11.0 Å². The number of nitrogens with zero attached hydrogens (tertiary/aromatic N) is 1. The molecule has 0 saturated heterocycles. The Balaban J connectivity index is 2.08. The van der Waals surface area contributed by atoms with Crippen LogP contribution in [-0.4, -0.2) is 16.5 Å². The van der Waals surface area contributed by atoms with Crippen LogP contribution in [0.3, 0.4) is 0 Å². The molecule has 2 heterocycles. The van der Waals surface area contributed by atoms with Crippen LogP contribution in [0.15, 0.2) is 24.5 Å². The van der Waals surface area contributed by atoms with Crippen molar-refractivity contribution in [2.24, 2.45) is 17.1 Å². The van der Waals surface area contributed by atoms with Crippen LogP contribution in [-0.2, 0) is 0 Å². The maximum Gasteiger partial charge on any atom is 0.137 e. The molecule has 0 bridgehead atoms. The van der Waals surface area contributed by atoms with Gasteiger partial charge >= 0.3 is 0 Å². The van der Waals surface area contributed by atoms with E-state index in [9.17, 15) is 0 Å². The van der Waals surface area contributed by atoms with E-state index in [2.05, 4.69) is 36.1 Å². The number of aromatic nitrogens is 2. The van der Waals surface area contributed by atoms with Crippen molar-refractivity contribution in [3.8, 4) is 0 Å². The molecule has 2 atom stereocenters. The lowest BCUT2D eigenvalue weighted by Crippen LogP contribution is -2.05. The quantitative estimate of drug-likeness (QED) is 0.807. The number of aromatic amines is 1. The third-order valence-corrected chi connectivity index (χ3v) is 4.12. The third kappa shape index (κ3) is 1.15. The van der Waals surface area contributed by atoms with Gasteiger partial charge in [-0.2, -0.15) is 0 Å². The molecule has 2 aromatic rings. The van der Waals surface area contributed by atoms with Crippen molar-refractivity contribution in [2.75, 3.05) is 6.54 Å². The van der Waals surface area contributed by atoms with Crippen LogP contribution >= 0.6 is 0 Å². The average molecular weight is 215 g/mol. The van der Waals surface area contributed by atoms with Crippen molar-refractivity contribution in [2.45, 2.75) is 19.8 Å². The average Bonchev–Trinajstić information content (AvgIpc) is 2.66. The van der Waals surface area contributed by atoms with E-state index >= 15 is 0 Å². The van der Waals surface area contributed by atoms with Crippen LogP contribution in [0, 0.1) is 11.3 Å². The fourth-order valence-corrected chi connectivity index (χ4v) is 3.04. The first-order chi connectivity index (χ1) is 7.66. The first-order valence-corrected chi connectivity index (χ1v) is 5.78. The van der Waals surface area contributed by atoms with E-state index in [1.165, 1.54) is 10.9 Å². The minimum absolute atomic E-state index is 0.333. The number of rotatable bonds is 2. The van der Waals surface area contributed by atoms with E-state index in [4.69, 9.17) is 5.73 Å². The molecular formula is C13H17N3. The highest BCUT2D eigenvalue weighted by molar-refractivity contribution is 5.81. The van der Waals surface area contributed by atoms with Crippen molar-refractivity contribution in [1.29, 1.82) is 0 Å². The van der Waals surface area contributed by atoms with Gasteiger partial charge in [0.05, 0.1) is 0 Å². The molecule has 84 valence electrons. The molecule has 1 aliphatic rings. The van der Waals surface area contributed by atoms with Crippen LogP contribution in [0.4, 0.5) is 0 Å². The van der Waals surface area contributed by atoms with Gasteiger partial charge in [-0.25, -0.2) is 4.98 Å². The van der Waals surface area contributed by atoms with Gasteiger partial charge in [0.15, 0.2) is 0 Å². The first-order valence-electron chi connectivity index (χ1n) is 5.78. The van der Waals surface area contributed by atoms with Gasteiger partial charge in [-0.05, 0) is 41.5 Å². The van der Waals surface area contributed by atoms with E-state index in [-0.39, 0.29) is 0 Å². The minimum atomic E-state index is 0.333. The lowest BCUT2D eigenvalue weighted by molar-refractivity contribution is 0.559. The standard InChI is InChI=1S/C13H17N3/c1-13(2)10(6-14)11(13)9-7-16-12-8(9)4-3-5-15-12/h3-5,7,10-11H,6,14H2,1-2H3,(H,15,16). The Labute approximate surface area is 95.1 Å². The number of hydrogen-bond acceptors (Lipinski definition) is 2. The SMILES string of the molecule is CC1(C)C(CN)C1c1c[nH]c2ncccc12. The van der Waals surface area contributed by atoms with Crippen LogP contribution < -0.4 is 5.73 Å². The molecule has 1 aliphatic carbocycles. The molecule has 3 heteroatoms. The fraction of sp³-hybridized carbons (Fsp3) is 0.462. The molecule has 0 aliphatic heterocycles. The van der Waals surface area contributed by atoms with Crippen molar-refractivity contribution < 1.29 is 0 Å². The molecule has 0 aromatic carbocycles. The zero-order valence-electron chi connectivity index (χ0n) is 9.70. The summed E-state index contributed by atoms with van der Waals surface area (Å²) in [6.07, 6.45) is 3.92. The lowest BCUT2D eigenvalue weighted by Gasteiger charge is -2.00. The number of nitrogens with two attached hydrogens (primary N) is 1. The molecule has 0 spiro atoms. The summed E-state index contributed by atoms with van der Waals surface area (Å²) in [5.41, 5.74) is 8.52. The summed E-state index contributed by atoms with van der Waals surface area (Å²) in [5, 5.41) is 1.25. The topological polar surface area (TPSA) is 54.7 Å². The number of pyridine rings is 1. The lowest BCUT2D eigenvalue weighted by atomic mass is 10.0. The molecule has 0 amide bonds. The highest BCUT2D eigenvalue weighted by Crippen LogP contribution is 2.64. The number of fused-ring (bicyclic) bond motifs is 1. The summed E-state index contributed by atoms with van der Waals surface area (Å²) in [4.78, 5) is 7.56. The third-order valence-electron chi connectivity index (χ3n) is 4.12. The molecule has 3 nitrogen and oxygen atoms in total. The molecule has 0 radical (unpaired) electrons. The van der Waals surface area contributed by atoms with Crippen LogP contribution in [0.2, 0.25) is 0 Å². The van der Waals surface area contributed by atoms with Gasteiger partial charge in [0.1, 0.15) is 5.65 Å². The summed E-state index contributed by atoms with van der Waals surface area (Å²) in [6.45, 7) is 5.36. The Morgan fingerprint density at radius 1 is 1.50 bits per heavy atom. The Kier molecular flexibility index (Phi) is 1.89. The molecule has 1 saturated carbocycles. The monoisotopic (exact) mass is 215 g/mol. The summed E-state index contributed by atoms with van der Waals surface area (Å²) in [5.74, 6) is 1.18. The minimum Gasteiger partial charge on any atom is -0.346 e. The molecule has 2 aromatic heterocycles. The van der Waals surface area contributed by atoms with Gasteiger partial charge in [-0.15, -0.1) is 0 Å². The van der Waals surface area contributed by atoms with Gasteiger partial charge < -0.3 is 10.7 Å². The normalized spacial score (nSPS) is 27.2. The van der Waals surface area contributed by atoms with E-state index in [1.807, 2.05) is 12.3 Å². The number of nitrogens with one attached hydrogen (secondary N) is 1. The van der Waals surface area contributed by atoms with E-state index in [0.29, 0.717) is 17.3 Å². The maximum absolute atomic E-state index is 5.82. The summed E-state index contributed by atoms with van der Waals surface area (Å²) in [7, 11) is 0. The molecule has 16 heavy (non-hydrogen) atoms. The Bertz CT molecular complexity index is 527. The van der Waals surface area contributed by atoms with Crippen molar-refractivity contribution >= 4 is 11.0 Å². The van der Waals surface area contributed by atoms with Gasteiger partial charge in [-0.3, -0.25) is 0 Å². The van der Waals surface area contributed by atoms with Crippen LogP contribution in [0.1, 0.15) is 25.3 Å². The summed E-state index contributed by atoms with van der Waals surface area (Å²) >= 11 is 0. The Morgan fingerprint density at radius 2 is 2.31 bits per heavy atom. The van der Waals surface area contributed by atoms with E-state index in [1.54, 1.807) is 0 Å². The largest absolute Gasteiger partial charge is 0.346 e. The van der Waals surface area contributed by atoms with E-state index in [0.717, 1.165) is 12.2 Å². The molecule has 3 rings (SSSR count). The van der Waals surface area contributed by atoms with Crippen LogP contribution in [0.5, 0.6) is 0 Å². The highest BCUT2D eigenvalue weighted by Gasteiger charge is 2.57. The second-order valence-corrected chi connectivity index (χ2v) is 5.28.